The largest absolute Gasteiger partial charge is 0.351 e. The van der Waals surface area contributed by atoms with E-state index in [9.17, 15) is 4.79 Å². The summed E-state index contributed by atoms with van der Waals surface area (Å²) in [6.45, 7) is 3.10. The maximum Gasteiger partial charge on any atom is 0.261 e. The fraction of sp³-hybridized carbons (Fsp3) is 0.783. The molecule has 0 spiro atoms. The number of thiophene rings is 1. The number of amides is 1. The summed E-state index contributed by atoms with van der Waals surface area (Å²) in [5.41, 5.74) is 0. The number of carbonyl (C=O) groups is 1. The third-order valence-electron chi connectivity index (χ3n) is 5.06. The highest BCUT2D eigenvalue weighted by atomic mass is 32.1. The standard InChI is InChI=1S/C23H41NOS/c1-2-3-4-5-6-7-8-9-10-11-12-13-14-15-16-17-20-24-23(25)22-19-18-21-26-22/h18-19,21H,2-17,20H2,1H3,(H,24,25). The first-order chi connectivity index (χ1) is 12.8. The van der Waals surface area contributed by atoms with Gasteiger partial charge in [0.25, 0.3) is 5.91 Å². The van der Waals surface area contributed by atoms with Crippen LogP contribution >= 0.6 is 11.3 Å². The van der Waals surface area contributed by atoms with Gasteiger partial charge in [0.1, 0.15) is 0 Å². The van der Waals surface area contributed by atoms with Crippen LogP contribution < -0.4 is 5.32 Å². The van der Waals surface area contributed by atoms with Gasteiger partial charge in [-0.25, -0.2) is 0 Å². The molecule has 0 bridgehead atoms. The third-order valence-corrected chi connectivity index (χ3v) is 5.93. The van der Waals surface area contributed by atoms with Gasteiger partial charge in [0, 0.05) is 6.54 Å². The van der Waals surface area contributed by atoms with Crippen molar-refractivity contribution in [2.75, 3.05) is 6.54 Å². The minimum absolute atomic E-state index is 0.0842. The zero-order valence-electron chi connectivity index (χ0n) is 17.1. The monoisotopic (exact) mass is 379 g/mol. The zero-order chi connectivity index (χ0) is 18.7. The van der Waals surface area contributed by atoms with Crippen molar-refractivity contribution in [3.05, 3.63) is 22.4 Å². The van der Waals surface area contributed by atoms with Crippen molar-refractivity contribution in [2.24, 2.45) is 0 Å². The number of hydrogen-bond donors (Lipinski definition) is 1. The van der Waals surface area contributed by atoms with Crippen LogP contribution in [0.25, 0.3) is 0 Å². The Labute approximate surface area is 166 Å². The molecule has 0 unspecified atom stereocenters. The van der Waals surface area contributed by atoms with Crippen LogP contribution in [0.2, 0.25) is 0 Å². The van der Waals surface area contributed by atoms with Crippen LogP contribution in [0.4, 0.5) is 0 Å². The number of nitrogens with one attached hydrogen (secondary N) is 1. The lowest BCUT2D eigenvalue weighted by atomic mass is 10.0. The van der Waals surface area contributed by atoms with Crippen LogP contribution in [0.5, 0.6) is 0 Å². The molecule has 0 saturated carbocycles. The maximum atomic E-state index is 11.8. The molecular formula is C23H41NOS. The first-order valence-electron chi connectivity index (χ1n) is 11.2. The molecular weight excluding hydrogens is 338 g/mol. The Morgan fingerprint density at radius 3 is 1.65 bits per heavy atom. The lowest BCUT2D eigenvalue weighted by Gasteiger charge is -2.04. The Balaban J connectivity index is 1.71. The summed E-state index contributed by atoms with van der Waals surface area (Å²) < 4.78 is 0. The minimum atomic E-state index is 0.0842. The molecule has 26 heavy (non-hydrogen) atoms. The minimum Gasteiger partial charge on any atom is -0.351 e. The fourth-order valence-corrected chi connectivity index (χ4v) is 4.01. The van der Waals surface area contributed by atoms with E-state index in [-0.39, 0.29) is 5.91 Å². The second-order valence-corrected chi connectivity index (χ2v) is 8.48. The van der Waals surface area contributed by atoms with Gasteiger partial charge in [0.15, 0.2) is 0 Å². The van der Waals surface area contributed by atoms with E-state index < -0.39 is 0 Å². The summed E-state index contributed by atoms with van der Waals surface area (Å²) in [6.07, 6.45) is 22.1. The summed E-state index contributed by atoms with van der Waals surface area (Å²) in [5, 5.41) is 4.95. The second kappa shape index (κ2) is 17.6. The van der Waals surface area contributed by atoms with Crippen molar-refractivity contribution in [3.63, 3.8) is 0 Å². The molecule has 150 valence electrons. The van der Waals surface area contributed by atoms with E-state index >= 15 is 0 Å². The Kier molecular flexibility index (Phi) is 15.7. The summed E-state index contributed by atoms with van der Waals surface area (Å²) in [4.78, 5) is 12.6. The van der Waals surface area contributed by atoms with E-state index in [1.165, 1.54) is 108 Å². The first-order valence-corrected chi connectivity index (χ1v) is 12.0. The average Bonchev–Trinajstić information content (AvgIpc) is 3.19. The SMILES string of the molecule is CCCCCCCCCCCCCCCCCCNC(=O)c1cccs1. The molecule has 0 aliphatic heterocycles. The Morgan fingerprint density at radius 1 is 0.769 bits per heavy atom. The molecule has 2 nitrogen and oxygen atoms in total. The highest BCUT2D eigenvalue weighted by molar-refractivity contribution is 7.12. The van der Waals surface area contributed by atoms with Crippen LogP contribution in [0.15, 0.2) is 17.5 Å². The average molecular weight is 380 g/mol. The smallest absolute Gasteiger partial charge is 0.261 e. The fourth-order valence-electron chi connectivity index (χ4n) is 3.37. The zero-order valence-corrected chi connectivity index (χ0v) is 17.9. The lowest BCUT2D eigenvalue weighted by molar-refractivity contribution is 0.0957. The van der Waals surface area contributed by atoms with Gasteiger partial charge in [-0.3, -0.25) is 4.79 Å². The van der Waals surface area contributed by atoms with Crippen molar-refractivity contribution < 1.29 is 4.79 Å². The van der Waals surface area contributed by atoms with Gasteiger partial charge >= 0.3 is 0 Å². The number of rotatable bonds is 18. The lowest BCUT2D eigenvalue weighted by Crippen LogP contribution is -2.23. The van der Waals surface area contributed by atoms with E-state index in [1.807, 2.05) is 17.5 Å². The molecule has 1 aromatic heterocycles. The van der Waals surface area contributed by atoms with Gasteiger partial charge in [0.05, 0.1) is 4.88 Å². The number of hydrogen-bond acceptors (Lipinski definition) is 2. The summed E-state index contributed by atoms with van der Waals surface area (Å²) in [6, 6.07) is 3.81. The van der Waals surface area contributed by atoms with Gasteiger partial charge in [-0.15, -0.1) is 11.3 Å². The summed E-state index contributed by atoms with van der Waals surface area (Å²) in [5.74, 6) is 0.0842. The Bertz CT molecular complexity index is 416. The molecule has 0 saturated heterocycles. The third kappa shape index (κ3) is 13.4. The Hall–Kier alpha value is -0.830. The van der Waals surface area contributed by atoms with E-state index in [0.717, 1.165) is 17.8 Å². The molecule has 0 aliphatic carbocycles. The second-order valence-electron chi connectivity index (χ2n) is 7.54. The van der Waals surface area contributed by atoms with Crippen molar-refractivity contribution in [1.82, 2.24) is 5.32 Å². The van der Waals surface area contributed by atoms with Crippen molar-refractivity contribution >= 4 is 17.2 Å². The van der Waals surface area contributed by atoms with Crippen LogP contribution in [0.3, 0.4) is 0 Å². The molecule has 0 radical (unpaired) electrons. The molecule has 0 aromatic carbocycles. The molecule has 0 atom stereocenters. The molecule has 1 amide bonds. The van der Waals surface area contributed by atoms with Crippen LogP contribution in [-0.4, -0.2) is 12.5 Å². The quantitative estimate of drug-likeness (QED) is 0.260. The number of unbranched alkanes of at least 4 members (excludes halogenated alkanes) is 15. The maximum absolute atomic E-state index is 11.8. The summed E-state index contributed by atoms with van der Waals surface area (Å²) in [7, 11) is 0. The highest BCUT2D eigenvalue weighted by Gasteiger charge is 2.04. The van der Waals surface area contributed by atoms with Gasteiger partial charge in [-0.1, -0.05) is 109 Å². The van der Waals surface area contributed by atoms with Crippen molar-refractivity contribution in [3.8, 4) is 0 Å². The van der Waals surface area contributed by atoms with Crippen molar-refractivity contribution in [1.29, 1.82) is 0 Å². The Morgan fingerprint density at radius 2 is 1.23 bits per heavy atom. The molecule has 3 heteroatoms. The molecule has 1 N–H and O–H groups in total. The number of carbonyl (C=O) groups excluding carboxylic acids is 1. The van der Waals surface area contributed by atoms with Gasteiger partial charge < -0.3 is 5.32 Å². The summed E-state index contributed by atoms with van der Waals surface area (Å²) >= 11 is 1.51. The van der Waals surface area contributed by atoms with Gasteiger partial charge in [-0.2, -0.15) is 0 Å². The molecule has 1 aromatic rings. The van der Waals surface area contributed by atoms with Crippen LogP contribution in [0.1, 0.15) is 119 Å². The topological polar surface area (TPSA) is 29.1 Å². The van der Waals surface area contributed by atoms with Crippen molar-refractivity contribution in [2.45, 2.75) is 110 Å². The molecule has 1 heterocycles. The molecule has 1 rings (SSSR count). The predicted octanol–water partition coefficient (Wildman–Crippen LogP) is 7.74. The van der Waals surface area contributed by atoms with Gasteiger partial charge in [0.2, 0.25) is 0 Å². The molecule has 0 fully saturated rings. The van der Waals surface area contributed by atoms with E-state index in [2.05, 4.69) is 12.2 Å². The van der Waals surface area contributed by atoms with E-state index in [4.69, 9.17) is 0 Å². The highest BCUT2D eigenvalue weighted by Crippen LogP contribution is 2.13. The predicted molar refractivity (Wildman–Crippen MR) is 116 cm³/mol. The normalized spacial score (nSPS) is 11.0. The molecule has 0 aliphatic rings. The van der Waals surface area contributed by atoms with E-state index in [0.29, 0.717) is 0 Å². The van der Waals surface area contributed by atoms with E-state index in [1.54, 1.807) is 0 Å². The van der Waals surface area contributed by atoms with Crippen LogP contribution in [-0.2, 0) is 0 Å². The first kappa shape index (κ1) is 23.2. The van der Waals surface area contributed by atoms with Gasteiger partial charge in [-0.05, 0) is 17.9 Å². The van der Waals surface area contributed by atoms with Crippen LogP contribution in [0, 0.1) is 0 Å².